The van der Waals surface area contributed by atoms with Crippen LogP contribution in [-0.4, -0.2) is 21.3 Å². The van der Waals surface area contributed by atoms with E-state index in [0.717, 1.165) is 16.6 Å². The van der Waals surface area contributed by atoms with Crippen molar-refractivity contribution in [3.05, 3.63) is 48.8 Å². The smallest absolute Gasteiger partial charge is 0.145 e. The fourth-order valence-electron chi connectivity index (χ4n) is 2.14. The molecule has 2 N–H and O–H groups in total. The third kappa shape index (κ3) is 2.71. The van der Waals surface area contributed by atoms with E-state index in [1.165, 1.54) is 6.33 Å². The van der Waals surface area contributed by atoms with Crippen molar-refractivity contribution in [3.8, 4) is 5.75 Å². The third-order valence-electron chi connectivity index (χ3n) is 3.21. The van der Waals surface area contributed by atoms with Gasteiger partial charge in [0.2, 0.25) is 0 Å². The maximum atomic E-state index is 11.1. The number of rotatable bonds is 4. The van der Waals surface area contributed by atoms with Crippen LogP contribution in [0.15, 0.2) is 53.7 Å². The predicted octanol–water partition coefficient (Wildman–Crippen LogP) is 2.98. The van der Waals surface area contributed by atoms with Gasteiger partial charge in [-0.2, -0.15) is 0 Å². The molecule has 1 unspecified atom stereocenters. The Kier molecular flexibility index (Phi) is 3.88. The zero-order valence-electron chi connectivity index (χ0n) is 11.8. The lowest BCUT2D eigenvalue weighted by atomic mass is 10.2. The van der Waals surface area contributed by atoms with Crippen LogP contribution >= 0.6 is 0 Å². The number of benzene rings is 2. The summed E-state index contributed by atoms with van der Waals surface area (Å²) in [6, 6.07) is 12.5. The quantitative estimate of drug-likeness (QED) is 0.644. The van der Waals surface area contributed by atoms with Gasteiger partial charge in [0.05, 0.1) is 17.7 Å². The number of ether oxygens (including phenoxy) is 1. The summed E-state index contributed by atoms with van der Waals surface area (Å²) in [5.41, 5.74) is 1.52. The molecule has 2 aromatic carbocycles. The summed E-state index contributed by atoms with van der Waals surface area (Å²) < 4.78 is 23.6. The van der Waals surface area contributed by atoms with E-state index in [9.17, 15) is 4.21 Å². The molecule has 3 rings (SSSR count). The van der Waals surface area contributed by atoms with Gasteiger partial charge in [-0.3, -0.25) is 4.78 Å². The summed E-state index contributed by atoms with van der Waals surface area (Å²) in [5.74, 6) is 1.34. The highest BCUT2D eigenvalue weighted by atomic mass is 32.2. The molecule has 1 aromatic heterocycles. The number of nitrogens with zero attached hydrogens (tertiary/aromatic N) is 2. The normalized spacial score (nSPS) is 12.0. The zero-order valence-corrected chi connectivity index (χ0v) is 12.7. The van der Waals surface area contributed by atoms with Crippen molar-refractivity contribution in [2.75, 3.05) is 12.4 Å². The molecule has 0 amide bonds. The molecule has 7 heteroatoms. The van der Waals surface area contributed by atoms with Gasteiger partial charge in [0, 0.05) is 16.0 Å². The van der Waals surface area contributed by atoms with Gasteiger partial charge in [0.25, 0.3) is 0 Å². The molecule has 6 nitrogen and oxygen atoms in total. The van der Waals surface area contributed by atoms with Crippen molar-refractivity contribution < 1.29 is 8.95 Å². The zero-order chi connectivity index (χ0) is 15.5. The molecule has 0 spiro atoms. The Labute approximate surface area is 129 Å². The van der Waals surface area contributed by atoms with Gasteiger partial charge in [-0.25, -0.2) is 14.2 Å². The third-order valence-corrected chi connectivity index (χ3v) is 3.98. The van der Waals surface area contributed by atoms with Crippen molar-refractivity contribution in [1.29, 1.82) is 4.78 Å². The monoisotopic (exact) mass is 314 g/mol. The number of anilines is 2. The molecule has 0 aliphatic carbocycles. The summed E-state index contributed by atoms with van der Waals surface area (Å²) in [7, 11) is -0.470. The number of thiol groups is 1. The predicted molar refractivity (Wildman–Crippen MR) is 86.3 cm³/mol. The van der Waals surface area contributed by atoms with Crippen molar-refractivity contribution in [2.45, 2.75) is 4.90 Å². The number of methoxy groups -OCH3 is 1. The summed E-state index contributed by atoms with van der Waals surface area (Å²) in [5, 5.41) is 4.05. The Morgan fingerprint density at radius 3 is 2.59 bits per heavy atom. The van der Waals surface area contributed by atoms with Gasteiger partial charge in [-0.15, -0.1) is 0 Å². The molecule has 0 radical (unpaired) electrons. The van der Waals surface area contributed by atoms with Crippen LogP contribution in [0.1, 0.15) is 0 Å². The number of aromatic nitrogens is 2. The molecule has 112 valence electrons. The second-order valence-electron chi connectivity index (χ2n) is 4.54. The maximum absolute atomic E-state index is 11.1. The molecule has 0 aliphatic rings. The molecule has 0 saturated heterocycles. The van der Waals surface area contributed by atoms with Gasteiger partial charge < -0.3 is 10.1 Å². The highest BCUT2D eigenvalue weighted by Crippen LogP contribution is 2.28. The first-order valence-corrected chi connectivity index (χ1v) is 7.78. The molecular weight excluding hydrogens is 300 g/mol. The Morgan fingerprint density at radius 2 is 1.91 bits per heavy atom. The number of hydrogen-bond acceptors (Lipinski definition) is 6. The van der Waals surface area contributed by atoms with E-state index in [-0.39, 0.29) is 0 Å². The van der Waals surface area contributed by atoms with Crippen LogP contribution in [0.2, 0.25) is 0 Å². The van der Waals surface area contributed by atoms with E-state index in [1.54, 1.807) is 31.4 Å². The lowest BCUT2D eigenvalue weighted by Crippen LogP contribution is -1.97. The lowest BCUT2D eigenvalue weighted by molar-refractivity contribution is 0.419. The van der Waals surface area contributed by atoms with Crippen LogP contribution in [0, 0.1) is 4.78 Å². The van der Waals surface area contributed by atoms with Crippen molar-refractivity contribution in [1.82, 2.24) is 9.97 Å². The molecule has 0 fully saturated rings. The lowest BCUT2D eigenvalue weighted by Gasteiger charge is -2.10. The van der Waals surface area contributed by atoms with Crippen LogP contribution in [0.25, 0.3) is 10.9 Å². The van der Waals surface area contributed by atoms with E-state index in [4.69, 9.17) is 9.52 Å². The van der Waals surface area contributed by atoms with E-state index in [0.29, 0.717) is 16.5 Å². The summed E-state index contributed by atoms with van der Waals surface area (Å²) in [6.45, 7) is 0. The minimum atomic E-state index is -2.07. The van der Waals surface area contributed by atoms with Gasteiger partial charge in [0.1, 0.15) is 23.4 Å². The van der Waals surface area contributed by atoms with Gasteiger partial charge in [-0.1, -0.05) is 6.07 Å². The average Bonchev–Trinajstić information content (AvgIpc) is 2.55. The molecular formula is C15H14N4O2S. The molecule has 0 bridgehead atoms. The Balaban J connectivity index is 2.00. The second kappa shape index (κ2) is 5.98. The van der Waals surface area contributed by atoms with Gasteiger partial charge in [-0.05, 0) is 36.4 Å². The second-order valence-corrected chi connectivity index (χ2v) is 5.65. The first-order chi connectivity index (χ1) is 10.7. The molecule has 1 atom stereocenters. The molecule has 22 heavy (non-hydrogen) atoms. The highest BCUT2D eigenvalue weighted by molar-refractivity contribution is 7.73. The van der Waals surface area contributed by atoms with Crippen LogP contribution in [0.4, 0.5) is 11.5 Å². The fourth-order valence-corrected chi connectivity index (χ4v) is 2.56. The Bertz CT molecular complexity index is 884. The molecule has 3 aromatic rings. The first-order valence-electron chi connectivity index (χ1n) is 6.52. The minimum Gasteiger partial charge on any atom is -0.494 e. The molecule has 0 aliphatic heterocycles. The summed E-state index contributed by atoms with van der Waals surface area (Å²) in [6.07, 6.45) is 1.47. The van der Waals surface area contributed by atoms with Crippen molar-refractivity contribution in [2.24, 2.45) is 0 Å². The standard InChI is InChI=1S/C15H14N4O2S/c1-21-13-4-2-3-12-14(13)17-9-18-15(12)19-10-5-7-11(8-6-10)22(16)20/h2-9,16,22H,1H3,(H,17,18,19). The summed E-state index contributed by atoms with van der Waals surface area (Å²) >= 11 is 0. The Morgan fingerprint density at radius 1 is 1.14 bits per heavy atom. The number of fused-ring (bicyclic) bond motifs is 1. The van der Waals surface area contributed by atoms with Crippen LogP contribution in [0.3, 0.4) is 0 Å². The number of nitrogens with one attached hydrogen (secondary N) is 2. The van der Waals surface area contributed by atoms with E-state index in [2.05, 4.69) is 15.3 Å². The van der Waals surface area contributed by atoms with Crippen LogP contribution < -0.4 is 10.1 Å². The minimum absolute atomic E-state index is 0.495. The topological polar surface area (TPSA) is 88.0 Å². The van der Waals surface area contributed by atoms with Crippen LogP contribution in [-0.2, 0) is 10.6 Å². The van der Waals surface area contributed by atoms with Gasteiger partial charge >= 0.3 is 0 Å². The van der Waals surface area contributed by atoms with E-state index < -0.39 is 10.6 Å². The van der Waals surface area contributed by atoms with Crippen LogP contribution in [0.5, 0.6) is 5.75 Å². The highest BCUT2D eigenvalue weighted by Gasteiger charge is 2.08. The maximum Gasteiger partial charge on any atom is 0.145 e. The van der Waals surface area contributed by atoms with E-state index in [1.807, 2.05) is 18.2 Å². The average molecular weight is 314 g/mol. The Hall–Kier alpha value is -2.67. The van der Waals surface area contributed by atoms with Crippen molar-refractivity contribution >= 4 is 33.0 Å². The first kappa shape index (κ1) is 14.3. The van der Waals surface area contributed by atoms with Gasteiger partial charge in [0.15, 0.2) is 0 Å². The molecule has 0 saturated carbocycles. The number of para-hydroxylation sites is 1. The summed E-state index contributed by atoms with van der Waals surface area (Å²) in [4.78, 5) is 9.01. The SMILES string of the molecule is COc1cccc2c(Nc3ccc([SH](=N)=O)cc3)ncnc12. The number of hydrogen-bond donors (Lipinski definition) is 3. The fraction of sp³-hybridized carbons (Fsp3) is 0.0667. The van der Waals surface area contributed by atoms with E-state index >= 15 is 0 Å². The van der Waals surface area contributed by atoms with Crippen molar-refractivity contribution in [3.63, 3.8) is 0 Å². The molecule has 1 heterocycles. The largest absolute Gasteiger partial charge is 0.494 e.